The first-order valence-electron chi connectivity index (χ1n) is 8.50. The lowest BCUT2D eigenvalue weighted by Crippen LogP contribution is -2.57. The van der Waals surface area contributed by atoms with Crippen molar-refractivity contribution in [3.8, 4) is 0 Å². The Morgan fingerprint density at radius 3 is 2.42 bits per heavy atom. The zero-order valence-electron chi connectivity index (χ0n) is 14.6. The van der Waals surface area contributed by atoms with Gasteiger partial charge in [-0.25, -0.2) is 4.79 Å². The number of nitrogens with one attached hydrogen (secondary N) is 1. The van der Waals surface area contributed by atoms with Crippen LogP contribution in [-0.4, -0.2) is 53.5 Å². The molecule has 1 saturated heterocycles. The van der Waals surface area contributed by atoms with E-state index in [1.807, 2.05) is 17.0 Å². The largest absolute Gasteiger partial charge is 0.480 e. The molecule has 1 unspecified atom stereocenters. The fourth-order valence-electron chi connectivity index (χ4n) is 3.48. The number of aromatic nitrogens is 1. The van der Waals surface area contributed by atoms with Crippen molar-refractivity contribution in [2.45, 2.75) is 12.5 Å². The molecule has 0 radical (unpaired) electrons. The molecule has 2 N–H and O–H groups in total. The number of carbonyl (C=O) groups excluding carboxylic acids is 1. The maximum atomic E-state index is 12.2. The predicted octanol–water partition coefficient (Wildman–Crippen LogP) is 1.77. The van der Waals surface area contributed by atoms with Crippen molar-refractivity contribution >= 4 is 23.8 Å². The highest BCUT2D eigenvalue weighted by Crippen LogP contribution is 2.35. The molecule has 2 heterocycles. The third kappa shape index (κ3) is 3.25. The van der Waals surface area contributed by atoms with E-state index in [1.165, 1.54) is 0 Å². The molecule has 0 aliphatic carbocycles. The highest BCUT2D eigenvalue weighted by molar-refractivity contribution is 5.85. The average Bonchev–Trinajstić information content (AvgIpc) is 2.69. The number of carboxylic acid groups (broad SMARTS) is 1. The van der Waals surface area contributed by atoms with Gasteiger partial charge in [-0.3, -0.25) is 14.7 Å². The number of para-hydroxylation sites is 1. The number of carbonyl (C=O) groups is 2. The summed E-state index contributed by atoms with van der Waals surface area (Å²) in [5.74, 6) is -0.935. The van der Waals surface area contributed by atoms with E-state index in [0.717, 1.165) is 18.8 Å². The molecule has 3 rings (SSSR count). The Bertz CT molecular complexity index is 775. The molecule has 1 atom stereocenters. The van der Waals surface area contributed by atoms with Gasteiger partial charge in [-0.2, -0.15) is 0 Å². The van der Waals surface area contributed by atoms with Crippen molar-refractivity contribution in [1.82, 2.24) is 9.88 Å². The van der Waals surface area contributed by atoms with Crippen LogP contribution in [-0.2, 0) is 15.1 Å². The lowest BCUT2D eigenvalue weighted by molar-refractivity contribution is -0.151. The second-order valence-corrected chi connectivity index (χ2v) is 6.36. The minimum absolute atomic E-state index is 0.518. The fraction of sp³-hybridized carbons (Fsp3) is 0.316. The average molecular weight is 354 g/mol. The van der Waals surface area contributed by atoms with Gasteiger partial charge in [0.15, 0.2) is 0 Å². The molecule has 0 spiro atoms. The molecular weight excluding hydrogens is 332 g/mol. The number of amides is 1. The quantitative estimate of drug-likeness (QED) is 0.769. The van der Waals surface area contributed by atoms with E-state index < -0.39 is 11.5 Å². The van der Waals surface area contributed by atoms with Gasteiger partial charge < -0.3 is 15.3 Å². The van der Waals surface area contributed by atoms with Crippen LogP contribution in [0.5, 0.6) is 0 Å². The fourth-order valence-corrected chi connectivity index (χ4v) is 3.48. The number of hydrogen-bond donors (Lipinski definition) is 2. The molecule has 7 heteroatoms. The van der Waals surface area contributed by atoms with Crippen LogP contribution in [0.1, 0.15) is 12.5 Å². The standard InChI is InChI=1S/C19H22N4O3/c1-19(18(25)26,16-4-2-3-5-17(16)21-14-24)23-12-10-22(11-13-23)15-6-8-20-9-7-15/h2-9,14H,10-13H2,1H3,(H,21,24)(H,25,26). The van der Waals surface area contributed by atoms with E-state index in [4.69, 9.17) is 0 Å². The smallest absolute Gasteiger partial charge is 0.328 e. The number of aliphatic carboxylic acids is 1. The minimum atomic E-state index is -1.23. The van der Waals surface area contributed by atoms with E-state index in [0.29, 0.717) is 30.8 Å². The van der Waals surface area contributed by atoms with Crippen molar-refractivity contribution in [2.75, 3.05) is 36.4 Å². The van der Waals surface area contributed by atoms with Crippen LogP contribution in [0.4, 0.5) is 11.4 Å². The van der Waals surface area contributed by atoms with Gasteiger partial charge in [-0.15, -0.1) is 0 Å². The number of anilines is 2. The molecule has 1 aromatic carbocycles. The summed E-state index contributed by atoms with van der Waals surface area (Å²) in [5, 5.41) is 12.7. The van der Waals surface area contributed by atoms with Crippen molar-refractivity contribution < 1.29 is 14.7 Å². The van der Waals surface area contributed by atoms with Crippen LogP contribution in [0.25, 0.3) is 0 Å². The van der Waals surface area contributed by atoms with Gasteiger partial charge in [0.2, 0.25) is 6.41 Å². The summed E-state index contributed by atoms with van der Waals surface area (Å²) in [7, 11) is 0. The second-order valence-electron chi connectivity index (χ2n) is 6.36. The van der Waals surface area contributed by atoms with Crippen molar-refractivity contribution in [3.63, 3.8) is 0 Å². The number of pyridine rings is 1. The Labute approximate surface area is 152 Å². The number of nitrogens with zero attached hydrogens (tertiary/aromatic N) is 3. The van der Waals surface area contributed by atoms with Crippen LogP contribution >= 0.6 is 0 Å². The van der Waals surface area contributed by atoms with Gasteiger partial charge >= 0.3 is 5.97 Å². The third-order valence-corrected chi connectivity index (χ3v) is 5.02. The van der Waals surface area contributed by atoms with E-state index in [2.05, 4.69) is 15.2 Å². The molecule has 1 amide bonds. The van der Waals surface area contributed by atoms with Gasteiger partial charge in [-0.05, 0) is 25.1 Å². The van der Waals surface area contributed by atoms with Gasteiger partial charge in [0.25, 0.3) is 0 Å². The number of hydrogen-bond acceptors (Lipinski definition) is 5. The minimum Gasteiger partial charge on any atom is -0.480 e. The van der Waals surface area contributed by atoms with Gasteiger partial charge in [0.05, 0.1) is 0 Å². The second kappa shape index (κ2) is 7.53. The van der Waals surface area contributed by atoms with Gasteiger partial charge in [0.1, 0.15) is 5.54 Å². The Hall–Kier alpha value is -2.93. The van der Waals surface area contributed by atoms with E-state index in [9.17, 15) is 14.7 Å². The van der Waals surface area contributed by atoms with E-state index in [-0.39, 0.29) is 0 Å². The Balaban J connectivity index is 1.85. The first kappa shape index (κ1) is 17.9. The summed E-state index contributed by atoms with van der Waals surface area (Å²) < 4.78 is 0. The third-order valence-electron chi connectivity index (χ3n) is 5.02. The van der Waals surface area contributed by atoms with Crippen LogP contribution in [0.2, 0.25) is 0 Å². The molecule has 0 bridgehead atoms. The first-order valence-corrected chi connectivity index (χ1v) is 8.50. The van der Waals surface area contributed by atoms with Crippen LogP contribution in [0.15, 0.2) is 48.8 Å². The van der Waals surface area contributed by atoms with Crippen LogP contribution in [0, 0.1) is 0 Å². The molecule has 136 valence electrons. The molecule has 1 fully saturated rings. The first-order chi connectivity index (χ1) is 12.6. The lowest BCUT2D eigenvalue weighted by Gasteiger charge is -2.44. The summed E-state index contributed by atoms with van der Waals surface area (Å²) >= 11 is 0. The zero-order valence-corrected chi connectivity index (χ0v) is 14.6. The molecular formula is C19H22N4O3. The Kier molecular flexibility index (Phi) is 5.18. The summed E-state index contributed by atoms with van der Waals surface area (Å²) in [5.41, 5.74) is 0.956. The molecule has 0 saturated carbocycles. The van der Waals surface area contributed by atoms with Crippen molar-refractivity contribution in [3.05, 3.63) is 54.4 Å². The Morgan fingerprint density at radius 2 is 1.81 bits per heavy atom. The van der Waals surface area contributed by atoms with Gasteiger partial charge in [-0.1, -0.05) is 18.2 Å². The summed E-state index contributed by atoms with van der Waals surface area (Å²) in [4.78, 5) is 31.4. The molecule has 2 aromatic rings. The topological polar surface area (TPSA) is 85.8 Å². The number of piperazine rings is 1. The van der Waals surface area contributed by atoms with Crippen LogP contribution < -0.4 is 10.2 Å². The molecule has 1 aliphatic heterocycles. The van der Waals surface area contributed by atoms with E-state index >= 15 is 0 Å². The zero-order chi connectivity index (χ0) is 18.6. The summed E-state index contributed by atoms with van der Waals surface area (Å²) in [6.07, 6.45) is 4.08. The maximum Gasteiger partial charge on any atom is 0.328 e. The molecule has 26 heavy (non-hydrogen) atoms. The SMILES string of the molecule is CC(C(=O)O)(c1ccccc1NC=O)N1CCN(c2ccncc2)CC1. The lowest BCUT2D eigenvalue weighted by atomic mass is 9.87. The van der Waals surface area contributed by atoms with Crippen molar-refractivity contribution in [1.29, 1.82) is 0 Å². The summed E-state index contributed by atoms with van der Waals surface area (Å²) in [6, 6.07) is 11.0. The molecule has 1 aromatic heterocycles. The maximum absolute atomic E-state index is 12.2. The summed E-state index contributed by atoms with van der Waals surface area (Å²) in [6.45, 7) is 4.33. The molecule has 1 aliphatic rings. The monoisotopic (exact) mass is 354 g/mol. The predicted molar refractivity (Wildman–Crippen MR) is 99.1 cm³/mol. The number of rotatable bonds is 6. The number of benzene rings is 1. The normalized spacial score (nSPS) is 17.3. The molecule has 7 nitrogen and oxygen atoms in total. The highest BCUT2D eigenvalue weighted by Gasteiger charge is 2.44. The highest BCUT2D eigenvalue weighted by atomic mass is 16.4. The Morgan fingerprint density at radius 1 is 1.15 bits per heavy atom. The van der Waals surface area contributed by atoms with Gasteiger partial charge in [0, 0.05) is 55.5 Å². The number of carboxylic acids is 1. The van der Waals surface area contributed by atoms with Crippen molar-refractivity contribution in [2.24, 2.45) is 0 Å². The van der Waals surface area contributed by atoms with E-state index in [1.54, 1.807) is 43.6 Å². The van der Waals surface area contributed by atoms with Crippen LogP contribution in [0.3, 0.4) is 0 Å².